The number of Topliss-reactive ketones (excluding diaryl/α,β-unsaturated/α-hetero) is 1. The van der Waals surface area contributed by atoms with Gasteiger partial charge in [0.2, 0.25) is 0 Å². The lowest BCUT2D eigenvalue weighted by Gasteiger charge is -2.39. The molecule has 4 rings (SSSR count). The van der Waals surface area contributed by atoms with Gasteiger partial charge in [0.1, 0.15) is 5.82 Å². The number of aromatic nitrogens is 3. The predicted octanol–water partition coefficient (Wildman–Crippen LogP) is 3.67. The van der Waals surface area contributed by atoms with Gasteiger partial charge in [0, 0.05) is 59.9 Å². The molecule has 162 valence electrons. The lowest BCUT2D eigenvalue weighted by Crippen LogP contribution is -2.39. The van der Waals surface area contributed by atoms with Crippen molar-refractivity contribution in [2.24, 2.45) is 12.5 Å². The van der Waals surface area contributed by atoms with Gasteiger partial charge in [-0.15, -0.1) is 0 Å². The number of allylic oxidation sites excluding steroid dienone is 3. The van der Waals surface area contributed by atoms with Crippen LogP contribution in [0.15, 0.2) is 47.1 Å². The van der Waals surface area contributed by atoms with Gasteiger partial charge in [-0.3, -0.25) is 14.3 Å². The second kappa shape index (κ2) is 7.48. The van der Waals surface area contributed by atoms with Crippen LogP contribution in [-0.4, -0.2) is 26.5 Å². The lowest BCUT2D eigenvalue weighted by molar-refractivity contribution is -0.118. The Bertz CT molecular complexity index is 1150. The molecular weight excluding hydrogens is 390 g/mol. The van der Waals surface area contributed by atoms with E-state index in [4.69, 9.17) is 0 Å². The third kappa shape index (κ3) is 3.92. The molecule has 1 unspecified atom stereocenters. The number of ketones is 1. The number of hydrogen-bond donors (Lipinski definition) is 2. The summed E-state index contributed by atoms with van der Waals surface area (Å²) in [5.74, 6) is -0.153. The second-order valence-electron chi connectivity index (χ2n) is 9.45. The van der Waals surface area contributed by atoms with Crippen LogP contribution >= 0.6 is 0 Å². The number of rotatable bonds is 3. The zero-order valence-corrected chi connectivity index (χ0v) is 19.0. The van der Waals surface area contributed by atoms with E-state index in [9.17, 15) is 9.59 Å². The van der Waals surface area contributed by atoms with Gasteiger partial charge in [0.15, 0.2) is 5.78 Å². The number of dihydropyridines is 1. The molecule has 2 aliphatic rings. The van der Waals surface area contributed by atoms with Crippen LogP contribution in [0, 0.1) is 19.3 Å². The average molecular weight is 420 g/mol. The molecular formula is C24H29N5O2. The van der Waals surface area contributed by atoms with Crippen LogP contribution in [0.3, 0.4) is 0 Å². The number of aryl methyl sites for hydroxylation is 3. The van der Waals surface area contributed by atoms with Crippen LogP contribution in [0.4, 0.5) is 5.82 Å². The van der Waals surface area contributed by atoms with E-state index >= 15 is 0 Å². The van der Waals surface area contributed by atoms with Crippen molar-refractivity contribution < 1.29 is 9.59 Å². The number of nitrogens with zero attached hydrogens (tertiary/aromatic N) is 3. The van der Waals surface area contributed by atoms with Crippen LogP contribution in [0.1, 0.15) is 56.4 Å². The summed E-state index contributed by atoms with van der Waals surface area (Å²) in [6.07, 6.45) is 4.79. The Morgan fingerprint density at radius 1 is 1.26 bits per heavy atom. The van der Waals surface area contributed by atoms with Crippen LogP contribution in [0.2, 0.25) is 0 Å². The van der Waals surface area contributed by atoms with E-state index < -0.39 is 5.92 Å². The van der Waals surface area contributed by atoms with E-state index in [1.54, 1.807) is 10.9 Å². The van der Waals surface area contributed by atoms with Crippen molar-refractivity contribution in [3.63, 3.8) is 0 Å². The molecule has 7 nitrogen and oxygen atoms in total. The van der Waals surface area contributed by atoms with Gasteiger partial charge in [-0.2, -0.15) is 5.10 Å². The molecule has 1 aliphatic carbocycles. The predicted molar refractivity (Wildman–Crippen MR) is 119 cm³/mol. The minimum absolute atomic E-state index is 0.0819. The Hall–Kier alpha value is -3.22. The molecule has 31 heavy (non-hydrogen) atoms. The highest BCUT2D eigenvalue weighted by Gasteiger charge is 2.43. The van der Waals surface area contributed by atoms with Crippen molar-refractivity contribution in [3.05, 3.63) is 63.9 Å². The Kier molecular flexibility index (Phi) is 5.07. The molecule has 0 aromatic carbocycles. The fraction of sp³-hybridized carbons (Fsp3) is 0.417. The molecule has 1 atom stereocenters. The highest BCUT2D eigenvalue weighted by Crippen LogP contribution is 2.47. The number of nitrogens with one attached hydrogen (secondary N) is 2. The summed E-state index contributed by atoms with van der Waals surface area (Å²) in [4.78, 5) is 31.1. The van der Waals surface area contributed by atoms with Gasteiger partial charge in [-0.05, 0) is 50.3 Å². The SMILES string of the molecule is CC1=C(C(=O)Nc2cc(C)ccn2)C(c2cn(C)nc2C)C2=C(CC(C)(C)CC2=O)N1. The Balaban J connectivity index is 1.82. The molecule has 0 spiro atoms. The second-order valence-corrected chi connectivity index (χ2v) is 9.45. The number of anilines is 1. The molecule has 2 aromatic heterocycles. The van der Waals surface area contributed by atoms with Gasteiger partial charge in [0.05, 0.1) is 5.69 Å². The molecule has 0 saturated carbocycles. The van der Waals surface area contributed by atoms with Crippen molar-refractivity contribution in [3.8, 4) is 0 Å². The van der Waals surface area contributed by atoms with Crippen molar-refractivity contribution >= 4 is 17.5 Å². The maximum atomic E-state index is 13.5. The molecule has 2 aromatic rings. The molecule has 1 aliphatic heterocycles. The fourth-order valence-corrected chi connectivity index (χ4v) is 4.74. The van der Waals surface area contributed by atoms with Crippen LogP contribution in [-0.2, 0) is 16.6 Å². The summed E-state index contributed by atoms with van der Waals surface area (Å²) in [5, 5.41) is 10.8. The highest BCUT2D eigenvalue weighted by molar-refractivity contribution is 6.09. The molecule has 0 fully saturated rings. The smallest absolute Gasteiger partial charge is 0.255 e. The lowest BCUT2D eigenvalue weighted by atomic mass is 9.68. The molecule has 7 heteroatoms. The number of carbonyl (C=O) groups excluding carboxylic acids is 2. The number of hydrogen-bond acceptors (Lipinski definition) is 5. The summed E-state index contributed by atoms with van der Waals surface area (Å²) in [7, 11) is 1.85. The van der Waals surface area contributed by atoms with Crippen molar-refractivity contribution in [2.75, 3.05) is 5.32 Å². The largest absolute Gasteiger partial charge is 0.362 e. The minimum Gasteiger partial charge on any atom is -0.362 e. The first kappa shape index (κ1) is 21.0. The number of carbonyl (C=O) groups is 2. The standard InChI is InChI=1S/C24H29N5O2/c1-13-7-8-25-19(9-13)27-23(31)20-15(3)26-17-10-24(4,5)11-18(30)22(17)21(20)16-12-29(6)28-14(16)2/h7-9,12,21,26H,10-11H2,1-6H3,(H,25,27,31). The van der Waals surface area contributed by atoms with E-state index in [-0.39, 0.29) is 17.1 Å². The molecule has 0 bridgehead atoms. The summed E-state index contributed by atoms with van der Waals surface area (Å²) < 4.78 is 1.73. The Labute approximate surface area is 182 Å². The van der Waals surface area contributed by atoms with E-state index in [1.807, 2.05) is 46.1 Å². The van der Waals surface area contributed by atoms with Crippen molar-refractivity contribution in [1.82, 2.24) is 20.1 Å². The quantitative estimate of drug-likeness (QED) is 0.792. The minimum atomic E-state index is -0.460. The zero-order valence-electron chi connectivity index (χ0n) is 19.0. The first-order valence-electron chi connectivity index (χ1n) is 10.5. The van der Waals surface area contributed by atoms with E-state index in [0.29, 0.717) is 23.4 Å². The van der Waals surface area contributed by atoms with Crippen LogP contribution in [0.5, 0.6) is 0 Å². The maximum absolute atomic E-state index is 13.5. The average Bonchev–Trinajstić information content (AvgIpc) is 2.97. The summed E-state index contributed by atoms with van der Waals surface area (Å²) >= 11 is 0. The normalized spacial score (nSPS) is 20.5. The van der Waals surface area contributed by atoms with Gasteiger partial charge in [-0.1, -0.05) is 13.8 Å². The maximum Gasteiger partial charge on any atom is 0.255 e. The summed E-state index contributed by atoms with van der Waals surface area (Å²) in [5.41, 5.74) is 5.46. The van der Waals surface area contributed by atoms with Gasteiger partial charge in [-0.25, -0.2) is 4.98 Å². The third-order valence-electron chi connectivity index (χ3n) is 6.00. The van der Waals surface area contributed by atoms with Crippen LogP contribution in [0.25, 0.3) is 0 Å². The fourth-order valence-electron chi connectivity index (χ4n) is 4.74. The molecule has 0 radical (unpaired) electrons. The molecule has 2 N–H and O–H groups in total. The van der Waals surface area contributed by atoms with E-state index in [2.05, 4.69) is 34.6 Å². The Morgan fingerprint density at radius 3 is 2.65 bits per heavy atom. The first-order chi connectivity index (χ1) is 14.6. The first-order valence-corrected chi connectivity index (χ1v) is 10.5. The van der Waals surface area contributed by atoms with E-state index in [0.717, 1.165) is 34.6 Å². The molecule has 3 heterocycles. The monoisotopic (exact) mass is 419 g/mol. The Morgan fingerprint density at radius 2 is 2.00 bits per heavy atom. The molecule has 1 amide bonds. The number of pyridine rings is 1. The van der Waals surface area contributed by atoms with Gasteiger partial charge >= 0.3 is 0 Å². The van der Waals surface area contributed by atoms with Crippen LogP contribution < -0.4 is 10.6 Å². The van der Waals surface area contributed by atoms with Gasteiger partial charge < -0.3 is 10.6 Å². The van der Waals surface area contributed by atoms with Gasteiger partial charge in [0.25, 0.3) is 5.91 Å². The van der Waals surface area contributed by atoms with Crippen molar-refractivity contribution in [1.29, 1.82) is 0 Å². The summed E-state index contributed by atoms with van der Waals surface area (Å²) in [6.45, 7) is 9.97. The van der Waals surface area contributed by atoms with E-state index in [1.165, 1.54) is 0 Å². The zero-order chi connectivity index (χ0) is 22.5. The highest BCUT2D eigenvalue weighted by atomic mass is 16.2. The number of amides is 1. The third-order valence-corrected chi connectivity index (χ3v) is 6.00. The summed E-state index contributed by atoms with van der Waals surface area (Å²) in [6, 6.07) is 3.71. The topological polar surface area (TPSA) is 88.9 Å². The van der Waals surface area contributed by atoms with Crippen molar-refractivity contribution in [2.45, 2.75) is 53.4 Å². The molecule has 0 saturated heterocycles.